The molecule has 2 N–H and O–H groups in total. The lowest BCUT2D eigenvalue weighted by atomic mass is 9.92. The number of aryl methyl sites for hydroxylation is 1. The number of carbonyl (C=O) groups excluding carboxylic acids is 2. The standard InChI is InChI=1S/C22H29N5O2/c1-16-6-8-17(9-7-16)10-18-12-26(13-18)22(29)25-20-11-23-27(14-20)15-21(28)24-19-4-2-3-5-19/h6-9,11,14,18-19H,2-5,10,12-13,15H2,1H3,(H,24,28)(H,25,29). The normalized spacial score (nSPS) is 17.2. The molecule has 3 amide bonds. The lowest BCUT2D eigenvalue weighted by Crippen LogP contribution is -2.52. The Balaban J connectivity index is 1.19. The van der Waals surface area contributed by atoms with Gasteiger partial charge in [-0.3, -0.25) is 9.48 Å². The summed E-state index contributed by atoms with van der Waals surface area (Å²) in [5.74, 6) is 0.477. The highest BCUT2D eigenvalue weighted by atomic mass is 16.2. The Morgan fingerprint density at radius 3 is 2.59 bits per heavy atom. The minimum absolute atomic E-state index is 0.0282. The van der Waals surface area contributed by atoms with Crippen molar-refractivity contribution in [2.45, 2.75) is 51.6 Å². The van der Waals surface area contributed by atoms with Gasteiger partial charge in [0, 0.05) is 25.3 Å². The van der Waals surface area contributed by atoms with E-state index in [1.54, 1.807) is 17.1 Å². The monoisotopic (exact) mass is 395 g/mol. The van der Waals surface area contributed by atoms with Crippen molar-refractivity contribution in [1.82, 2.24) is 20.0 Å². The molecule has 1 aliphatic heterocycles. The van der Waals surface area contributed by atoms with Crippen molar-refractivity contribution in [2.75, 3.05) is 18.4 Å². The van der Waals surface area contributed by atoms with E-state index in [2.05, 4.69) is 46.9 Å². The van der Waals surface area contributed by atoms with Gasteiger partial charge in [0.25, 0.3) is 0 Å². The summed E-state index contributed by atoms with van der Waals surface area (Å²) in [6.45, 7) is 3.79. The van der Waals surface area contributed by atoms with Crippen LogP contribution in [-0.4, -0.2) is 45.8 Å². The van der Waals surface area contributed by atoms with E-state index in [1.807, 2.05) is 4.90 Å². The van der Waals surface area contributed by atoms with Gasteiger partial charge in [0.2, 0.25) is 5.91 Å². The SMILES string of the molecule is Cc1ccc(CC2CN(C(=O)Nc3cnn(CC(=O)NC4CCCC4)c3)C2)cc1. The van der Waals surface area contributed by atoms with Crippen LogP contribution >= 0.6 is 0 Å². The molecule has 1 aromatic carbocycles. The van der Waals surface area contributed by atoms with Crippen molar-refractivity contribution in [2.24, 2.45) is 5.92 Å². The molecule has 2 aliphatic rings. The second-order valence-corrected chi connectivity index (χ2v) is 8.37. The molecule has 2 heterocycles. The zero-order chi connectivity index (χ0) is 20.2. The first-order chi connectivity index (χ1) is 14.0. The summed E-state index contributed by atoms with van der Waals surface area (Å²) in [7, 11) is 0. The molecule has 7 nitrogen and oxygen atoms in total. The van der Waals surface area contributed by atoms with Gasteiger partial charge >= 0.3 is 6.03 Å². The van der Waals surface area contributed by atoms with Crippen LogP contribution in [0.1, 0.15) is 36.8 Å². The van der Waals surface area contributed by atoms with Crippen molar-refractivity contribution in [1.29, 1.82) is 0 Å². The van der Waals surface area contributed by atoms with E-state index >= 15 is 0 Å². The quantitative estimate of drug-likeness (QED) is 0.789. The largest absolute Gasteiger partial charge is 0.352 e. The van der Waals surface area contributed by atoms with Gasteiger partial charge < -0.3 is 15.5 Å². The molecule has 0 radical (unpaired) electrons. The first-order valence-electron chi connectivity index (χ1n) is 10.5. The Morgan fingerprint density at radius 1 is 1.14 bits per heavy atom. The number of rotatable bonds is 6. The van der Waals surface area contributed by atoms with Crippen molar-refractivity contribution < 1.29 is 9.59 Å². The summed E-state index contributed by atoms with van der Waals surface area (Å²) in [5.41, 5.74) is 3.20. The summed E-state index contributed by atoms with van der Waals surface area (Å²) >= 11 is 0. The maximum Gasteiger partial charge on any atom is 0.321 e. The van der Waals surface area contributed by atoms with Crippen LogP contribution in [0.3, 0.4) is 0 Å². The zero-order valence-corrected chi connectivity index (χ0v) is 16.9. The van der Waals surface area contributed by atoms with Crippen molar-refractivity contribution >= 4 is 17.6 Å². The number of aromatic nitrogens is 2. The van der Waals surface area contributed by atoms with Gasteiger partial charge in [-0.15, -0.1) is 0 Å². The molecule has 0 unspecified atom stereocenters. The summed E-state index contributed by atoms with van der Waals surface area (Å²) in [6, 6.07) is 8.77. The molecule has 1 saturated carbocycles. The minimum atomic E-state index is -0.111. The summed E-state index contributed by atoms with van der Waals surface area (Å²) < 4.78 is 1.57. The Kier molecular flexibility index (Phi) is 5.83. The Morgan fingerprint density at radius 2 is 1.86 bits per heavy atom. The van der Waals surface area contributed by atoms with Crippen LogP contribution in [0.2, 0.25) is 0 Å². The van der Waals surface area contributed by atoms with Gasteiger partial charge in [0.05, 0.1) is 11.9 Å². The van der Waals surface area contributed by atoms with Crippen LogP contribution in [0.25, 0.3) is 0 Å². The van der Waals surface area contributed by atoms with E-state index < -0.39 is 0 Å². The number of carbonyl (C=O) groups is 2. The van der Waals surface area contributed by atoms with Crippen LogP contribution in [0.15, 0.2) is 36.7 Å². The highest BCUT2D eigenvalue weighted by Crippen LogP contribution is 2.22. The Hall–Kier alpha value is -2.83. The van der Waals surface area contributed by atoms with Gasteiger partial charge in [0.15, 0.2) is 0 Å². The van der Waals surface area contributed by atoms with Crippen LogP contribution in [0.5, 0.6) is 0 Å². The molecular weight excluding hydrogens is 366 g/mol. The number of likely N-dealkylation sites (tertiary alicyclic amines) is 1. The van der Waals surface area contributed by atoms with Crippen LogP contribution in [0.4, 0.5) is 10.5 Å². The van der Waals surface area contributed by atoms with E-state index in [9.17, 15) is 9.59 Å². The second-order valence-electron chi connectivity index (χ2n) is 8.37. The van der Waals surface area contributed by atoms with Gasteiger partial charge in [-0.05, 0) is 37.7 Å². The minimum Gasteiger partial charge on any atom is -0.352 e. The molecule has 4 rings (SSSR count). The lowest BCUT2D eigenvalue weighted by molar-refractivity contribution is -0.122. The van der Waals surface area contributed by atoms with Crippen LogP contribution < -0.4 is 10.6 Å². The third kappa shape index (κ3) is 5.16. The summed E-state index contributed by atoms with van der Waals surface area (Å²) in [4.78, 5) is 26.3. The van der Waals surface area contributed by atoms with E-state index in [4.69, 9.17) is 0 Å². The van der Waals surface area contributed by atoms with Crippen molar-refractivity contribution in [3.8, 4) is 0 Å². The van der Waals surface area contributed by atoms with Crippen LogP contribution in [0, 0.1) is 12.8 Å². The number of urea groups is 1. The van der Waals surface area contributed by atoms with Gasteiger partial charge in [0.1, 0.15) is 6.54 Å². The molecule has 1 aliphatic carbocycles. The third-order valence-electron chi connectivity index (χ3n) is 5.80. The second kappa shape index (κ2) is 8.68. The number of nitrogens with one attached hydrogen (secondary N) is 2. The molecule has 1 saturated heterocycles. The maximum absolute atomic E-state index is 12.4. The fourth-order valence-electron chi connectivity index (χ4n) is 4.13. The Bertz CT molecular complexity index is 848. The van der Waals surface area contributed by atoms with Crippen molar-refractivity contribution in [3.63, 3.8) is 0 Å². The summed E-state index contributed by atoms with van der Waals surface area (Å²) in [6.07, 6.45) is 8.79. The summed E-state index contributed by atoms with van der Waals surface area (Å²) in [5, 5.41) is 10.1. The van der Waals surface area contributed by atoms with Crippen LogP contribution in [-0.2, 0) is 17.8 Å². The number of amides is 3. The highest BCUT2D eigenvalue weighted by Gasteiger charge is 2.30. The predicted molar refractivity (Wildman–Crippen MR) is 112 cm³/mol. The van der Waals surface area contributed by atoms with Gasteiger partial charge in [-0.1, -0.05) is 42.7 Å². The first kappa shape index (κ1) is 19.5. The van der Waals surface area contributed by atoms with E-state index in [-0.39, 0.29) is 18.5 Å². The van der Waals surface area contributed by atoms with Gasteiger partial charge in [-0.25, -0.2) is 4.79 Å². The number of hydrogen-bond acceptors (Lipinski definition) is 3. The maximum atomic E-state index is 12.4. The molecule has 7 heteroatoms. The van der Waals surface area contributed by atoms with E-state index in [1.165, 1.54) is 24.0 Å². The molecular formula is C22H29N5O2. The Labute approximate surface area is 171 Å². The molecule has 0 atom stereocenters. The smallest absolute Gasteiger partial charge is 0.321 e. The lowest BCUT2D eigenvalue weighted by Gasteiger charge is -2.39. The fourth-order valence-corrected chi connectivity index (χ4v) is 4.13. The number of nitrogens with zero attached hydrogens (tertiary/aromatic N) is 3. The fraction of sp³-hybridized carbons (Fsp3) is 0.500. The average Bonchev–Trinajstić information content (AvgIpc) is 3.31. The molecule has 1 aromatic heterocycles. The van der Waals surface area contributed by atoms with E-state index in [0.29, 0.717) is 17.6 Å². The number of anilines is 1. The number of benzene rings is 1. The molecule has 0 spiro atoms. The number of hydrogen-bond donors (Lipinski definition) is 2. The predicted octanol–water partition coefficient (Wildman–Crippen LogP) is 2.96. The van der Waals surface area contributed by atoms with Crippen molar-refractivity contribution in [3.05, 3.63) is 47.8 Å². The average molecular weight is 396 g/mol. The topological polar surface area (TPSA) is 79.3 Å². The molecule has 2 fully saturated rings. The third-order valence-corrected chi connectivity index (χ3v) is 5.80. The molecule has 29 heavy (non-hydrogen) atoms. The highest BCUT2D eigenvalue weighted by molar-refractivity contribution is 5.89. The van der Waals surface area contributed by atoms with Gasteiger partial charge in [-0.2, -0.15) is 5.10 Å². The molecule has 154 valence electrons. The molecule has 0 bridgehead atoms. The zero-order valence-electron chi connectivity index (χ0n) is 16.9. The molecule has 2 aromatic rings. The van der Waals surface area contributed by atoms with E-state index in [0.717, 1.165) is 32.4 Å². The first-order valence-corrected chi connectivity index (χ1v) is 10.5.